The first-order chi connectivity index (χ1) is 2.81. The first-order valence-electron chi connectivity index (χ1n) is 1.28. The summed E-state index contributed by atoms with van der Waals surface area (Å²) in [5, 5.41) is 0. The van der Waals surface area contributed by atoms with Crippen molar-refractivity contribution in [2.24, 2.45) is 11.7 Å². The van der Waals surface area contributed by atoms with Crippen LogP contribution in [-0.2, 0) is 16.5 Å². The van der Waals surface area contributed by atoms with Gasteiger partial charge in [-0.15, -0.1) is 0 Å². The SMILES string of the molecule is NNC(=O)NN.[Ni]. The van der Waals surface area contributed by atoms with Crippen molar-refractivity contribution in [3.8, 4) is 0 Å². The van der Waals surface area contributed by atoms with Gasteiger partial charge in [-0.1, -0.05) is 0 Å². The predicted molar refractivity (Wildman–Crippen MR) is 20.0 cm³/mol. The van der Waals surface area contributed by atoms with Crippen LogP contribution < -0.4 is 22.5 Å². The molecule has 0 aromatic carbocycles. The predicted octanol–water partition coefficient (Wildman–Crippen LogP) is -1.97. The first kappa shape index (κ1) is 9.84. The van der Waals surface area contributed by atoms with Gasteiger partial charge in [-0.2, -0.15) is 0 Å². The molecule has 0 saturated heterocycles. The molecule has 5 nitrogen and oxygen atoms in total. The molecule has 0 rings (SSSR count). The summed E-state index contributed by atoms with van der Waals surface area (Å²) in [4.78, 5) is 9.71. The average molecular weight is 149 g/mol. The molecule has 0 unspecified atom stereocenters. The van der Waals surface area contributed by atoms with Crippen LogP contribution in [0.4, 0.5) is 4.79 Å². The van der Waals surface area contributed by atoms with Crippen LogP contribution in [0.15, 0.2) is 0 Å². The van der Waals surface area contributed by atoms with Gasteiger partial charge in [0.1, 0.15) is 0 Å². The average Bonchev–Trinajstić information content (AvgIpc) is 1.65. The van der Waals surface area contributed by atoms with E-state index in [9.17, 15) is 4.79 Å². The van der Waals surface area contributed by atoms with E-state index in [4.69, 9.17) is 0 Å². The summed E-state index contributed by atoms with van der Waals surface area (Å²) in [6.07, 6.45) is 0. The number of hydrogen-bond donors (Lipinski definition) is 4. The molecule has 0 fully saturated rings. The summed E-state index contributed by atoms with van der Waals surface area (Å²) < 4.78 is 0. The van der Waals surface area contributed by atoms with Gasteiger partial charge in [0.2, 0.25) is 0 Å². The zero-order valence-corrected chi connectivity index (χ0v) is 4.37. The summed E-state index contributed by atoms with van der Waals surface area (Å²) >= 11 is 0. The number of rotatable bonds is 0. The van der Waals surface area contributed by atoms with Crippen molar-refractivity contribution < 1.29 is 21.3 Å². The number of hydrazine groups is 2. The van der Waals surface area contributed by atoms with Gasteiger partial charge in [-0.05, 0) is 0 Å². The molecular formula is CH6N4NiO. The van der Waals surface area contributed by atoms with Crippen molar-refractivity contribution in [1.29, 1.82) is 0 Å². The molecule has 6 heteroatoms. The van der Waals surface area contributed by atoms with E-state index >= 15 is 0 Å². The molecule has 6 N–H and O–H groups in total. The van der Waals surface area contributed by atoms with E-state index in [2.05, 4.69) is 11.7 Å². The maximum Gasteiger partial charge on any atom is 0.343 e. The minimum absolute atomic E-state index is 0. The van der Waals surface area contributed by atoms with Gasteiger partial charge in [-0.3, -0.25) is 10.9 Å². The van der Waals surface area contributed by atoms with Crippen LogP contribution in [-0.4, -0.2) is 6.03 Å². The quantitative estimate of drug-likeness (QED) is 0.139. The van der Waals surface area contributed by atoms with Crippen LogP contribution in [0.1, 0.15) is 0 Å². The first-order valence-corrected chi connectivity index (χ1v) is 1.28. The van der Waals surface area contributed by atoms with Crippen molar-refractivity contribution in [1.82, 2.24) is 10.9 Å². The summed E-state index contributed by atoms with van der Waals surface area (Å²) in [5.74, 6) is 9.08. The van der Waals surface area contributed by atoms with E-state index in [1.54, 1.807) is 10.9 Å². The number of nitrogens with two attached hydrogens (primary N) is 2. The monoisotopic (exact) mass is 148 g/mol. The number of amides is 2. The fourth-order valence-corrected chi connectivity index (χ4v) is 0.0417. The standard InChI is InChI=1S/CH6N4O.Ni/c2-4-1(6)5-3;/h2-3H2,(H2,4,5,6);. The number of hydrogen-bond acceptors (Lipinski definition) is 3. The number of urea groups is 1. The molecule has 0 aromatic rings. The van der Waals surface area contributed by atoms with Crippen LogP contribution in [0.25, 0.3) is 0 Å². The summed E-state index contributed by atoms with van der Waals surface area (Å²) in [5.41, 5.74) is 3.48. The Hall–Kier alpha value is -0.316. The molecule has 46 valence electrons. The van der Waals surface area contributed by atoms with E-state index in [1.807, 2.05) is 0 Å². The zero-order valence-electron chi connectivity index (χ0n) is 3.38. The molecule has 0 aliphatic rings. The van der Waals surface area contributed by atoms with Crippen molar-refractivity contribution in [3.05, 3.63) is 0 Å². The second kappa shape index (κ2) is 5.68. The molecule has 0 bridgehead atoms. The molecule has 0 aromatic heterocycles. The molecule has 0 heterocycles. The molecular weight excluding hydrogens is 143 g/mol. The van der Waals surface area contributed by atoms with Crippen molar-refractivity contribution in [2.45, 2.75) is 0 Å². The zero-order chi connectivity index (χ0) is 4.99. The van der Waals surface area contributed by atoms with E-state index in [0.717, 1.165) is 0 Å². The van der Waals surface area contributed by atoms with Crippen LogP contribution in [0.2, 0.25) is 0 Å². The van der Waals surface area contributed by atoms with Crippen molar-refractivity contribution >= 4 is 6.03 Å². The van der Waals surface area contributed by atoms with Gasteiger partial charge in [0.15, 0.2) is 0 Å². The minimum Gasteiger partial charge on any atom is -0.275 e. The fraction of sp³-hybridized carbons (Fsp3) is 0. The Morgan fingerprint density at radius 2 is 1.57 bits per heavy atom. The van der Waals surface area contributed by atoms with Gasteiger partial charge in [-0.25, -0.2) is 16.5 Å². The molecule has 0 radical (unpaired) electrons. The molecule has 0 atom stereocenters. The normalized spacial score (nSPS) is 6.00. The Labute approximate surface area is 50.7 Å². The van der Waals surface area contributed by atoms with E-state index in [0.29, 0.717) is 0 Å². The molecule has 7 heavy (non-hydrogen) atoms. The van der Waals surface area contributed by atoms with Crippen molar-refractivity contribution in [2.75, 3.05) is 0 Å². The molecule has 0 aliphatic heterocycles. The number of carbonyl (C=O) groups is 1. The third-order valence-corrected chi connectivity index (χ3v) is 0.262. The van der Waals surface area contributed by atoms with Crippen LogP contribution >= 0.6 is 0 Å². The van der Waals surface area contributed by atoms with Gasteiger partial charge in [0.25, 0.3) is 0 Å². The van der Waals surface area contributed by atoms with E-state index in [1.165, 1.54) is 0 Å². The molecule has 0 spiro atoms. The second-order valence-corrected chi connectivity index (χ2v) is 0.618. The van der Waals surface area contributed by atoms with Gasteiger partial charge in [0.05, 0.1) is 0 Å². The third kappa shape index (κ3) is 5.68. The summed E-state index contributed by atoms with van der Waals surface area (Å²) in [6, 6.07) is -0.602. The maximum absolute atomic E-state index is 9.71. The Morgan fingerprint density at radius 1 is 1.29 bits per heavy atom. The van der Waals surface area contributed by atoms with E-state index in [-0.39, 0.29) is 16.5 Å². The minimum atomic E-state index is -0.602. The maximum atomic E-state index is 9.71. The molecule has 2 amide bonds. The van der Waals surface area contributed by atoms with Gasteiger partial charge >= 0.3 is 6.03 Å². The van der Waals surface area contributed by atoms with Crippen molar-refractivity contribution in [3.63, 3.8) is 0 Å². The van der Waals surface area contributed by atoms with Crippen LogP contribution in [0.5, 0.6) is 0 Å². The summed E-state index contributed by atoms with van der Waals surface area (Å²) in [7, 11) is 0. The second-order valence-electron chi connectivity index (χ2n) is 0.618. The third-order valence-electron chi connectivity index (χ3n) is 0.262. The molecule has 0 aliphatic carbocycles. The smallest absolute Gasteiger partial charge is 0.275 e. The Bertz CT molecular complexity index is 49.7. The number of carbonyl (C=O) groups excluding carboxylic acids is 1. The van der Waals surface area contributed by atoms with Gasteiger partial charge < -0.3 is 0 Å². The Balaban J connectivity index is 0. The van der Waals surface area contributed by atoms with Crippen LogP contribution in [0, 0.1) is 0 Å². The fourth-order valence-electron chi connectivity index (χ4n) is 0.0417. The Morgan fingerprint density at radius 3 is 1.57 bits per heavy atom. The van der Waals surface area contributed by atoms with E-state index < -0.39 is 6.03 Å². The number of nitrogens with one attached hydrogen (secondary N) is 2. The topological polar surface area (TPSA) is 93.2 Å². The molecule has 0 saturated carbocycles. The Kier molecular flexibility index (Phi) is 7.99. The van der Waals surface area contributed by atoms with Gasteiger partial charge in [0, 0.05) is 16.5 Å². The van der Waals surface area contributed by atoms with Crippen LogP contribution in [0.3, 0.4) is 0 Å². The summed E-state index contributed by atoms with van der Waals surface area (Å²) in [6.45, 7) is 0. The largest absolute Gasteiger partial charge is 0.343 e.